The van der Waals surface area contributed by atoms with Crippen molar-refractivity contribution in [3.8, 4) is 5.75 Å². The van der Waals surface area contributed by atoms with Crippen LogP contribution in [0, 0.1) is 0 Å². The third kappa shape index (κ3) is 4.41. The molecule has 27 heavy (non-hydrogen) atoms. The highest BCUT2D eigenvalue weighted by Crippen LogP contribution is 2.37. The molecule has 1 aliphatic heterocycles. The molecule has 1 aromatic carbocycles. The molecule has 0 unspecified atom stereocenters. The zero-order valence-corrected chi connectivity index (χ0v) is 19.3. The molecule has 0 saturated carbocycles. The van der Waals surface area contributed by atoms with Gasteiger partial charge in [-0.15, -0.1) is 0 Å². The third-order valence-electron chi connectivity index (χ3n) is 5.57. The van der Waals surface area contributed by atoms with E-state index >= 15 is 0 Å². The van der Waals surface area contributed by atoms with Crippen LogP contribution in [0.15, 0.2) is 18.2 Å². The predicted octanol–water partition coefficient (Wildman–Crippen LogP) is 3.37. The fourth-order valence-corrected chi connectivity index (χ4v) is 4.52. The largest absolute Gasteiger partial charge is 0.498 e. The molecule has 1 amide bonds. The van der Waals surface area contributed by atoms with Gasteiger partial charge in [0.2, 0.25) is 0 Å². The Morgan fingerprint density at radius 3 is 2.04 bits per heavy atom. The molecule has 0 aromatic heterocycles. The van der Waals surface area contributed by atoms with E-state index in [4.69, 9.17) is 14.0 Å². The van der Waals surface area contributed by atoms with E-state index in [1.165, 1.54) is 0 Å². The summed E-state index contributed by atoms with van der Waals surface area (Å²) in [5.74, 6) is 0.604. The van der Waals surface area contributed by atoms with E-state index in [1.54, 1.807) is 4.90 Å². The van der Waals surface area contributed by atoms with E-state index in [2.05, 4.69) is 25.7 Å². The molecule has 1 aliphatic rings. The lowest BCUT2D eigenvalue weighted by molar-refractivity contribution is 0.00578. The average Bonchev–Trinajstić information content (AvgIpc) is 2.75. The van der Waals surface area contributed by atoms with Crippen LogP contribution in [0.25, 0.3) is 0 Å². The Bertz CT molecular complexity index is 680. The number of nitrogens with zero attached hydrogens (tertiary/aromatic N) is 1. The molecular formula is C20H34BNO4Si. The van der Waals surface area contributed by atoms with Gasteiger partial charge in [-0.2, -0.15) is 0 Å². The van der Waals surface area contributed by atoms with Crippen molar-refractivity contribution in [2.45, 2.75) is 72.4 Å². The van der Waals surface area contributed by atoms with Crippen molar-refractivity contribution in [3.05, 3.63) is 18.2 Å². The monoisotopic (exact) mass is 391 g/mol. The number of hydrogen-bond acceptors (Lipinski definition) is 4. The zero-order valence-electron chi connectivity index (χ0n) is 18.3. The van der Waals surface area contributed by atoms with Crippen LogP contribution in [-0.2, 0) is 9.31 Å². The van der Waals surface area contributed by atoms with Gasteiger partial charge in [-0.25, -0.2) is 4.79 Å². The molecule has 0 spiro atoms. The van der Waals surface area contributed by atoms with Crippen molar-refractivity contribution in [2.75, 3.05) is 13.1 Å². The topological polar surface area (TPSA) is 48.0 Å². The minimum atomic E-state index is -1.76. The SMILES string of the molecule is CCN(CC)C(=O)Oc1c(B2OC(C)(C)C(C)(C)O2)cccc1[Si](C)(C)C. The predicted molar refractivity (Wildman–Crippen MR) is 114 cm³/mol. The van der Waals surface area contributed by atoms with Crippen molar-refractivity contribution < 1.29 is 18.8 Å². The molecule has 1 aromatic rings. The average molecular weight is 391 g/mol. The van der Waals surface area contributed by atoms with Gasteiger partial charge in [-0.05, 0) is 46.7 Å². The molecule has 7 heteroatoms. The van der Waals surface area contributed by atoms with E-state index in [0.29, 0.717) is 18.8 Å². The lowest BCUT2D eigenvalue weighted by Crippen LogP contribution is -2.47. The van der Waals surface area contributed by atoms with Crippen molar-refractivity contribution >= 4 is 31.9 Å². The second-order valence-corrected chi connectivity index (χ2v) is 14.1. The summed E-state index contributed by atoms with van der Waals surface area (Å²) >= 11 is 0. The van der Waals surface area contributed by atoms with Crippen LogP contribution in [0.4, 0.5) is 4.79 Å². The molecule has 1 fully saturated rings. The Hall–Kier alpha value is -1.31. The molecular weight excluding hydrogens is 357 g/mol. The van der Waals surface area contributed by atoms with Crippen LogP contribution in [0.1, 0.15) is 41.5 Å². The number of hydrogen-bond donors (Lipinski definition) is 0. The first-order chi connectivity index (χ1) is 12.3. The van der Waals surface area contributed by atoms with Gasteiger partial charge in [0.25, 0.3) is 0 Å². The van der Waals surface area contributed by atoms with Gasteiger partial charge in [-0.3, -0.25) is 0 Å². The van der Waals surface area contributed by atoms with E-state index in [-0.39, 0.29) is 6.09 Å². The molecule has 1 saturated heterocycles. The number of ether oxygens (including phenoxy) is 1. The number of benzene rings is 1. The summed E-state index contributed by atoms with van der Waals surface area (Å²) in [7, 11) is -2.32. The Kier molecular flexibility index (Phi) is 6.19. The minimum absolute atomic E-state index is 0.330. The van der Waals surface area contributed by atoms with Crippen molar-refractivity contribution in [1.29, 1.82) is 0 Å². The molecule has 0 radical (unpaired) electrons. The van der Waals surface area contributed by atoms with Gasteiger partial charge in [0.1, 0.15) is 5.75 Å². The van der Waals surface area contributed by atoms with Crippen molar-refractivity contribution in [2.24, 2.45) is 0 Å². The Morgan fingerprint density at radius 2 is 1.59 bits per heavy atom. The van der Waals surface area contributed by atoms with Gasteiger partial charge in [0.15, 0.2) is 0 Å². The molecule has 0 aliphatic carbocycles. The highest BCUT2D eigenvalue weighted by molar-refractivity contribution is 6.89. The third-order valence-corrected chi connectivity index (χ3v) is 7.58. The highest BCUT2D eigenvalue weighted by atomic mass is 28.3. The van der Waals surface area contributed by atoms with Crippen LogP contribution < -0.4 is 15.4 Å². The first kappa shape index (κ1) is 22.0. The summed E-state index contributed by atoms with van der Waals surface area (Å²) < 4.78 is 18.4. The van der Waals surface area contributed by atoms with Gasteiger partial charge < -0.3 is 18.9 Å². The molecule has 0 bridgehead atoms. The molecule has 0 N–H and O–H groups in total. The van der Waals surface area contributed by atoms with Crippen LogP contribution in [0.3, 0.4) is 0 Å². The smallest absolute Gasteiger partial charge is 0.411 e. The Morgan fingerprint density at radius 1 is 1.07 bits per heavy atom. The Balaban J connectivity index is 2.51. The maximum absolute atomic E-state index is 12.7. The van der Waals surface area contributed by atoms with Gasteiger partial charge in [0, 0.05) is 18.6 Å². The second kappa shape index (κ2) is 7.60. The van der Waals surface area contributed by atoms with Gasteiger partial charge >= 0.3 is 13.2 Å². The number of amides is 1. The van der Waals surface area contributed by atoms with Crippen LogP contribution in [0.2, 0.25) is 19.6 Å². The molecule has 2 rings (SSSR count). The summed E-state index contributed by atoms with van der Waals surface area (Å²) in [6.07, 6.45) is -0.330. The lowest BCUT2D eigenvalue weighted by Gasteiger charge is -2.32. The molecule has 5 nitrogen and oxygen atoms in total. The number of para-hydroxylation sites is 1. The number of rotatable bonds is 5. The molecule has 150 valence electrons. The maximum Gasteiger partial charge on any atom is 0.498 e. The molecule has 1 heterocycles. The van der Waals surface area contributed by atoms with Crippen LogP contribution >= 0.6 is 0 Å². The summed E-state index contributed by atoms with van der Waals surface area (Å²) in [4.78, 5) is 14.4. The van der Waals surface area contributed by atoms with Crippen LogP contribution in [-0.4, -0.2) is 50.5 Å². The summed E-state index contributed by atoms with van der Waals surface area (Å²) in [6, 6.07) is 6.01. The first-order valence-corrected chi connectivity index (χ1v) is 13.3. The fraction of sp³-hybridized carbons (Fsp3) is 0.650. The fourth-order valence-electron chi connectivity index (χ4n) is 3.05. The van der Waals surface area contributed by atoms with Gasteiger partial charge in [0.05, 0.1) is 19.3 Å². The Labute approximate surface area is 165 Å². The lowest BCUT2D eigenvalue weighted by atomic mass is 9.78. The van der Waals surface area contributed by atoms with Gasteiger partial charge in [-0.1, -0.05) is 37.8 Å². The summed E-state index contributed by atoms with van der Waals surface area (Å²) in [5, 5.41) is 1.09. The van der Waals surface area contributed by atoms with E-state index < -0.39 is 26.4 Å². The van der Waals surface area contributed by atoms with Crippen molar-refractivity contribution in [3.63, 3.8) is 0 Å². The zero-order chi connectivity index (χ0) is 20.6. The van der Waals surface area contributed by atoms with E-state index in [1.807, 2.05) is 53.7 Å². The normalized spacial score (nSPS) is 18.5. The standard InChI is InChI=1S/C20H34BNO4Si/c1-10-22(11-2)18(23)24-17-15(13-12-14-16(17)27(7,8)9)21-25-19(3,4)20(5,6)26-21/h12-14H,10-11H2,1-9H3. The minimum Gasteiger partial charge on any atom is -0.411 e. The highest BCUT2D eigenvalue weighted by Gasteiger charge is 2.53. The van der Waals surface area contributed by atoms with Crippen molar-refractivity contribution in [1.82, 2.24) is 4.90 Å². The number of carbonyl (C=O) groups excluding carboxylic acids is 1. The second-order valence-electron chi connectivity index (χ2n) is 9.10. The first-order valence-electron chi connectivity index (χ1n) is 9.79. The molecule has 0 atom stereocenters. The quantitative estimate of drug-likeness (QED) is 0.722. The summed E-state index contributed by atoms with van der Waals surface area (Å²) in [6.45, 7) is 19.9. The maximum atomic E-state index is 12.7. The number of carbonyl (C=O) groups is 1. The summed E-state index contributed by atoms with van der Waals surface area (Å²) in [5.41, 5.74) is -0.117. The van der Waals surface area contributed by atoms with Crippen LogP contribution in [0.5, 0.6) is 5.75 Å². The van der Waals surface area contributed by atoms with E-state index in [9.17, 15) is 4.79 Å². The van der Waals surface area contributed by atoms with E-state index in [0.717, 1.165) is 10.6 Å².